The Hall–Kier alpha value is -1.84. The molecule has 0 saturated carbocycles. The zero-order chi connectivity index (χ0) is 16.0. The summed E-state index contributed by atoms with van der Waals surface area (Å²) >= 11 is 0. The van der Waals surface area contributed by atoms with E-state index in [0.29, 0.717) is 6.61 Å². The third kappa shape index (κ3) is 5.51. The van der Waals surface area contributed by atoms with Crippen LogP contribution in [0.5, 0.6) is 5.75 Å². The predicted molar refractivity (Wildman–Crippen MR) is 89.6 cm³/mol. The molecule has 0 aliphatic carbocycles. The van der Waals surface area contributed by atoms with Crippen LogP contribution in [0.25, 0.3) is 0 Å². The van der Waals surface area contributed by atoms with Gasteiger partial charge in [-0.15, -0.1) is 0 Å². The molecule has 1 unspecified atom stereocenters. The van der Waals surface area contributed by atoms with Crippen molar-refractivity contribution < 1.29 is 14.3 Å². The molecule has 2 aromatic rings. The molecule has 118 valence electrons. The van der Waals surface area contributed by atoms with Gasteiger partial charge in [0.25, 0.3) is 0 Å². The molecule has 0 aliphatic rings. The number of likely N-dealkylation sites (N-methyl/N-ethyl adjacent to an activating group) is 1. The molecule has 0 saturated heterocycles. The lowest BCUT2D eigenvalue weighted by atomic mass is 10.1. The maximum absolute atomic E-state index is 9.59. The number of rotatable bonds is 7. The zero-order valence-corrected chi connectivity index (χ0v) is 13.7. The van der Waals surface area contributed by atoms with Gasteiger partial charge in [-0.25, -0.2) is 0 Å². The Morgan fingerprint density at radius 1 is 1.00 bits per heavy atom. The first-order chi connectivity index (χ1) is 10.4. The molecule has 0 amide bonds. The highest BCUT2D eigenvalue weighted by Gasteiger charge is 2.18. The van der Waals surface area contributed by atoms with E-state index in [4.69, 9.17) is 4.74 Å². The van der Waals surface area contributed by atoms with Crippen molar-refractivity contribution in [1.82, 2.24) is 0 Å². The topological polar surface area (TPSA) is 29.5 Å². The Kier molecular flexibility index (Phi) is 5.58. The molecule has 1 N–H and O–H groups in total. The Morgan fingerprint density at radius 2 is 1.68 bits per heavy atom. The average molecular weight is 300 g/mol. The molecule has 22 heavy (non-hydrogen) atoms. The molecular formula is C19H26NO2+. The molecule has 0 spiro atoms. The summed E-state index contributed by atoms with van der Waals surface area (Å²) in [7, 11) is 4.26. The van der Waals surface area contributed by atoms with Crippen molar-refractivity contribution in [2.75, 3.05) is 20.6 Å². The van der Waals surface area contributed by atoms with Crippen LogP contribution in [0.1, 0.15) is 18.1 Å². The first-order valence-corrected chi connectivity index (χ1v) is 7.70. The van der Waals surface area contributed by atoms with Crippen molar-refractivity contribution in [2.24, 2.45) is 0 Å². The smallest absolute Gasteiger partial charge is 0.120 e. The number of aliphatic hydroxyl groups is 1. The fraction of sp³-hybridized carbons (Fsp3) is 0.368. The number of benzene rings is 2. The van der Waals surface area contributed by atoms with E-state index in [-0.39, 0.29) is 6.10 Å². The first kappa shape index (κ1) is 16.5. The van der Waals surface area contributed by atoms with Crippen LogP contribution in [0.15, 0.2) is 54.6 Å². The van der Waals surface area contributed by atoms with E-state index < -0.39 is 0 Å². The van der Waals surface area contributed by atoms with E-state index in [1.807, 2.05) is 37.3 Å². The largest absolute Gasteiger partial charge is 0.489 e. The van der Waals surface area contributed by atoms with Crippen LogP contribution in [0.3, 0.4) is 0 Å². The van der Waals surface area contributed by atoms with Gasteiger partial charge in [0.05, 0.1) is 14.1 Å². The fourth-order valence-corrected chi connectivity index (χ4v) is 2.75. The monoisotopic (exact) mass is 300 g/mol. The summed E-state index contributed by atoms with van der Waals surface area (Å²) in [5, 5.41) is 9.59. The molecule has 0 aliphatic heterocycles. The van der Waals surface area contributed by atoms with Crippen LogP contribution < -0.4 is 4.74 Å². The highest BCUT2D eigenvalue weighted by molar-refractivity contribution is 5.28. The van der Waals surface area contributed by atoms with E-state index in [1.165, 1.54) is 5.56 Å². The van der Waals surface area contributed by atoms with E-state index in [9.17, 15) is 5.11 Å². The van der Waals surface area contributed by atoms with Gasteiger partial charge in [0.1, 0.15) is 31.5 Å². The SMILES string of the molecule is CC(O)C[N+](C)(C)Cc1cccc(OCc2ccccc2)c1. The minimum atomic E-state index is -0.299. The number of hydrogen-bond acceptors (Lipinski definition) is 2. The molecule has 2 rings (SSSR count). The van der Waals surface area contributed by atoms with E-state index in [2.05, 4.69) is 38.4 Å². The number of hydrogen-bond donors (Lipinski definition) is 1. The Bertz CT molecular complexity index is 579. The van der Waals surface area contributed by atoms with Crippen molar-refractivity contribution >= 4 is 0 Å². The third-order valence-electron chi connectivity index (χ3n) is 3.52. The minimum absolute atomic E-state index is 0.299. The van der Waals surface area contributed by atoms with Crippen LogP contribution in [-0.4, -0.2) is 36.3 Å². The molecule has 0 heterocycles. The third-order valence-corrected chi connectivity index (χ3v) is 3.52. The van der Waals surface area contributed by atoms with Gasteiger partial charge in [0, 0.05) is 5.56 Å². The second-order valence-corrected chi connectivity index (χ2v) is 6.55. The fourth-order valence-electron chi connectivity index (χ4n) is 2.75. The van der Waals surface area contributed by atoms with Gasteiger partial charge >= 0.3 is 0 Å². The molecule has 0 fully saturated rings. The van der Waals surface area contributed by atoms with Crippen molar-refractivity contribution in [3.05, 3.63) is 65.7 Å². The van der Waals surface area contributed by atoms with Crippen LogP contribution in [0.2, 0.25) is 0 Å². The van der Waals surface area contributed by atoms with E-state index >= 15 is 0 Å². The van der Waals surface area contributed by atoms with Gasteiger partial charge in [-0.1, -0.05) is 42.5 Å². The van der Waals surface area contributed by atoms with Crippen LogP contribution in [0.4, 0.5) is 0 Å². The number of aliphatic hydroxyl groups excluding tert-OH is 1. The number of nitrogens with zero attached hydrogens (tertiary/aromatic N) is 1. The van der Waals surface area contributed by atoms with Crippen LogP contribution in [-0.2, 0) is 13.2 Å². The number of quaternary nitrogens is 1. The first-order valence-electron chi connectivity index (χ1n) is 7.70. The molecule has 0 bridgehead atoms. The van der Waals surface area contributed by atoms with Crippen LogP contribution in [0, 0.1) is 0 Å². The van der Waals surface area contributed by atoms with Gasteiger partial charge in [-0.3, -0.25) is 0 Å². The maximum atomic E-state index is 9.59. The van der Waals surface area contributed by atoms with E-state index in [0.717, 1.165) is 28.9 Å². The summed E-state index contributed by atoms with van der Waals surface area (Å²) in [6.45, 7) is 4.01. The zero-order valence-electron chi connectivity index (χ0n) is 13.7. The summed E-state index contributed by atoms with van der Waals surface area (Å²) in [4.78, 5) is 0. The lowest BCUT2D eigenvalue weighted by Gasteiger charge is -2.31. The van der Waals surface area contributed by atoms with Crippen molar-refractivity contribution in [1.29, 1.82) is 0 Å². The molecule has 3 heteroatoms. The van der Waals surface area contributed by atoms with Gasteiger partial charge < -0.3 is 14.3 Å². The standard InChI is InChI=1S/C19H26NO2/c1-16(21)13-20(2,3)14-18-10-7-11-19(12-18)22-15-17-8-5-4-6-9-17/h4-12,16,21H,13-15H2,1-3H3/q+1. The Morgan fingerprint density at radius 3 is 2.36 bits per heavy atom. The van der Waals surface area contributed by atoms with Gasteiger partial charge in [-0.2, -0.15) is 0 Å². The Balaban J connectivity index is 1.98. The van der Waals surface area contributed by atoms with Crippen molar-refractivity contribution in [3.63, 3.8) is 0 Å². The summed E-state index contributed by atoms with van der Waals surface area (Å²) in [5.41, 5.74) is 2.38. The van der Waals surface area contributed by atoms with Crippen molar-refractivity contribution in [2.45, 2.75) is 26.2 Å². The highest BCUT2D eigenvalue weighted by Crippen LogP contribution is 2.18. The maximum Gasteiger partial charge on any atom is 0.120 e. The second kappa shape index (κ2) is 7.43. The molecule has 1 atom stereocenters. The van der Waals surface area contributed by atoms with Crippen LogP contribution >= 0.6 is 0 Å². The summed E-state index contributed by atoms with van der Waals surface area (Å²) in [6, 6.07) is 18.4. The lowest BCUT2D eigenvalue weighted by Crippen LogP contribution is -2.43. The molecule has 3 nitrogen and oxygen atoms in total. The number of ether oxygens (including phenoxy) is 1. The molecule has 0 radical (unpaired) electrons. The minimum Gasteiger partial charge on any atom is -0.489 e. The van der Waals surface area contributed by atoms with E-state index in [1.54, 1.807) is 0 Å². The molecular weight excluding hydrogens is 274 g/mol. The summed E-state index contributed by atoms with van der Waals surface area (Å²) in [6.07, 6.45) is -0.299. The lowest BCUT2D eigenvalue weighted by molar-refractivity contribution is -0.906. The Labute approximate surface area is 133 Å². The van der Waals surface area contributed by atoms with Crippen molar-refractivity contribution in [3.8, 4) is 5.75 Å². The van der Waals surface area contributed by atoms with Gasteiger partial charge in [-0.05, 0) is 24.6 Å². The average Bonchev–Trinajstić information content (AvgIpc) is 2.44. The quantitative estimate of drug-likeness (QED) is 0.796. The highest BCUT2D eigenvalue weighted by atomic mass is 16.5. The summed E-state index contributed by atoms with van der Waals surface area (Å²) < 4.78 is 6.62. The molecule has 0 aromatic heterocycles. The summed E-state index contributed by atoms with van der Waals surface area (Å²) in [5.74, 6) is 0.887. The predicted octanol–water partition coefficient (Wildman–Crippen LogP) is 3.22. The normalized spacial score (nSPS) is 12.9. The van der Waals surface area contributed by atoms with Gasteiger partial charge in [0.2, 0.25) is 0 Å². The molecule has 2 aromatic carbocycles. The second-order valence-electron chi connectivity index (χ2n) is 6.55. The van der Waals surface area contributed by atoms with Gasteiger partial charge in [0.15, 0.2) is 0 Å².